The van der Waals surface area contributed by atoms with Crippen LogP contribution in [0.2, 0.25) is 0 Å². The molecule has 5 saturated heterocycles. The van der Waals surface area contributed by atoms with Crippen molar-refractivity contribution >= 4 is 50.9 Å². The number of phenols is 1. The number of hydrogen-bond donors (Lipinski definition) is 3. The van der Waals surface area contributed by atoms with Crippen LogP contribution in [0.25, 0.3) is 32.9 Å². The second kappa shape index (κ2) is 19.2. The highest BCUT2D eigenvalue weighted by Gasteiger charge is 2.47. The number of ether oxygens (including phenoxy) is 1. The minimum absolute atomic E-state index is 0.0169. The normalized spacial score (nSPS) is 24.2. The molecule has 0 unspecified atom stereocenters. The quantitative estimate of drug-likeness (QED) is 0.120. The van der Waals surface area contributed by atoms with E-state index in [2.05, 4.69) is 36.0 Å². The van der Waals surface area contributed by atoms with Gasteiger partial charge in [-0.25, -0.2) is 8.78 Å². The number of likely N-dealkylation sites (tertiary alicyclic amines) is 2. The molecule has 3 aromatic carbocycles. The van der Waals surface area contributed by atoms with Crippen molar-refractivity contribution < 1.29 is 38.1 Å². The topological polar surface area (TPSA) is 171 Å². The molecule has 2 atom stereocenters. The average Bonchev–Trinajstić information content (AvgIpc) is 4.08. The number of imide groups is 1. The number of hydrogen-bond acceptors (Lipinski definition) is 14. The maximum atomic E-state index is 17.1. The number of amides is 3. The van der Waals surface area contributed by atoms with Crippen LogP contribution < -0.4 is 19.9 Å². The molecule has 0 radical (unpaired) electrons. The number of aryl methyl sites for hydroxylation is 1. The van der Waals surface area contributed by atoms with Crippen molar-refractivity contribution in [3.8, 4) is 23.0 Å². The molecular formula is C56H66F2N10O6. The Morgan fingerprint density at radius 3 is 2.42 bits per heavy atom. The SMILES string of the molecule is CCc1c(F)ccc2cc(O)cc(-c3ncc4c(N5CCC[C@@](C)(O)C5)nc(OCC5(CN6CC(CN7CCC(N8CCN(c9ccc%10c(c9)CN([C@H]9CCC(=O)NC9=O)C%10=O)CC8)CC7)C6)CC5)nc4c3F)c12. The van der Waals surface area contributed by atoms with Crippen LogP contribution in [0, 0.1) is 23.0 Å². The van der Waals surface area contributed by atoms with Gasteiger partial charge < -0.3 is 39.4 Å². The first kappa shape index (κ1) is 48.8. The molecule has 18 heteroatoms. The fourth-order valence-corrected chi connectivity index (χ4v) is 13.0. The highest BCUT2D eigenvalue weighted by atomic mass is 19.1. The maximum Gasteiger partial charge on any atom is 0.319 e. The van der Waals surface area contributed by atoms with E-state index < -0.39 is 23.3 Å². The average molecular weight is 1010 g/mol. The Morgan fingerprint density at radius 2 is 1.68 bits per heavy atom. The van der Waals surface area contributed by atoms with Gasteiger partial charge in [-0.1, -0.05) is 13.0 Å². The Bertz CT molecular complexity index is 3040. The standard InChI is InChI=1S/C56H66F2N10O6/c1-3-40-44(57)8-5-35-24-39(69)25-42(47(35)40)49-48(58)50-43(26-59-49)51(67-16-4-13-55(2,73)31-67)62-54(61-50)74-33-56(14-15-56)32-64-28-34(29-64)27-63-17-11-37(12-18-63)65-19-21-66(22-20-65)38-6-7-41-36(23-38)30-68(53(41)72)45-9-10-46(70)60-52(45)71/h5-8,23-26,34,37,45,69,73H,3-4,9-22,27-33H2,1-2H3,(H,60,70,71)/t45-,55+/m0/s1. The molecule has 8 heterocycles. The Morgan fingerprint density at radius 1 is 0.878 bits per heavy atom. The van der Waals surface area contributed by atoms with E-state index >= 15 is 8.78 Å². The van der Waals surface area contributed by atoms with Crippen LogP contribution in [0.4, 0.5) is 20.3 Å². The number of phenolic OH excluding ortho intramolecular Hbond substituents is 1. The molecule has 6 aliphatic heterocycles. The van der Waals surface area contributed by atoms with E-state index in [0.29, 0.717) is 90.6 Å². The predicted octanol–water partition coefficient (Wildman–Crippen LogP) is 5.88. The fourth-order valence-electron chi connectivity index (χ4n) is 13.0. The first-order chi connectivity index (χ1) is 35.7. The van der Waals surface area contributed by atoms with Gasteiger partial charge >= 0.3 is 6.01 Å². The van der Waals surface area contributed by atoms with Gasteiger partial charge in [0.2, 0.25) is 11.8 Å². The second-order valence-corrected chi connectivity index (χ2v) is 22.7. The summed E-state index contributed by atoms with van der Waals surface area (Å²) in [6, 6.07) is 12.0. The van der Waals surface area contributed by atoms with E-state index in [1.165, 1.54) is 18.3 Å². The number of pyridine rings is 1. The van der Waals surface area contributed by atoms with Crippen molar-refractivity contribution in [3.63, 3.8) is 0 Å². The lowest BCUT2D eigenvalue weighted by atomic mass is 9.94. The molecule has 6 fully saturated rings. The number of piperidine rings is 3. The number of carbonyl (C=O) groups is 3. The highest BCUT2D eigenvalue weighted by molar-refractivity contribution is 6.06. The number of halogens is 2. The molecule has 12 rings (SSSR count). The summed E-state index contributed by atoms with van der Waals surface area (Å²) in [5, 5.41) is 25.7. The molecule has 1 saturated carbocycles. The van der Waals surface area contributed by atoms with Crippen LogP contribution >= 0.6 is 0 Å². The summed E-state index contributed by atoms with van der Waals surface area (Å²) in [6.07, 6.45) is 8.24. The largest absolute Gasteiger partial charge is 0.508 e. The van der Waals surface area contributed by atoms with Gasteiger partial charge in [-0.3, -0.25) is 29.6 Å². The lowest BCUT2D eigenvalue weighted by Gasteiger charge is -2.46. The number of anilines is 2. The van der Waals surface area contributed by atoms with Crippen molar-refractivity contribution in [2.45, 2.75) is 95.9 Å². The summed E-state index contributed by atoms with van der Waals surface area (Å²) in [6.45, 7) is 15.5. The van der Waals surface area contributed by atoms with Crippen LogP contribution in [-0.2, 0) is 22.6 Å². The zero-order valence-corrected chi connectivity index (χ0v) is 42.4. The van der Waals surface area contributed by atoms with Crippen LogP contribution in [0.15, 0.2) is 48.7 Å². The number of nitrogens with zero attached hydrogens (tertiary/aromatic N) is 9. The summed E-state index contributed by atoms with van der Waals surface area (Å²) >= 11 is 0. The van der Waals surface area contributed by atoms with E-state index in [9.17, 15) is 24.6 Å². The maximum absolute atomic E-state index is 17.1. The van der Waals surface area contributed by atoms with Crippen molar-refractivity contribution in [2.75, 3.05) is 94.9 Å². The van der Waals surface area contributed by atoms with Crippen LogP contribution in [-0.4, -0.2) is 165 Å². The Labute approximate surface area is 429 Å². The van der Waals surface area contributed by atoms with Gasteiger partial charge in [-0.15, -0.1) is 0 Å². The van der Waals surface area contributed by atoms with Gasteiger partial charge in [-0.05, 0) is 136 Å². The van der Waals surface area contributed by atoms with Crippen LogP contribution in [0.5, 0.6) is 11.8 Å². The third-order valence-corrected chi connectivity index (χ3v) is 17.2. The van der Waals surface area contributed by atoms with Crippen LogP contribution in [0.1, 0.15) is 86.7 Å². The molecule has 74 heavy (non-hydrogen) atoms. The number of aromatic nitrogens is 3. The van der Waals surface area contributed by atoms with Gasteiger partial charge in [0.05, 0.1) is 17.6 Å². The lowest BCUT2D eigenvalue weighted by Crippen LogP contribution is -2.56. The number of aliphatic hydroxyl groups is 1. The molecule has 390 valence electrons. The third kappa shape index (κ3) is 9.40. The molecule has 5 aromatic rings. The summed E-state index contributed by atoms with van der Waals surface area (Å²) in [5.41, 5.74) is 2.35. The van der Waals surface area contributed by atoms with E-state index in [4.69, 9.17) is 14.7 Å². The van der Waals surface area contributed by atoms with Gasteiger partial charge in [0.1, 0.15) is 34.6 Å². The predicted molar refractivity (Wildman–Crippen MR) is 276 cm³/mol. The van der Waals surface area contributed by atoms with Crippen molar-refractivity contribution in [1.82, 2.24) is 39.9 Å². The lowest BCUT2D eigenvalue weighted by molar-refractivity contribution is -0.136. The monoisotopic (exact) mass is 1010 g/mol. The first-order valence-electron chi connectivity index (χ1n) is 26.8. The Hall–Kier alpha value is -6.08. The molecule has 3 N–H and O–H groups in total. The molecule has 0 bridgehead atoms. The zero-order chi connectivity index (χ0) is 51.0. The minimum atomic E-state index is -0.962. The number of nitrogens with one attached hydrogen (secondary N) is 1. The number of carbonyl (C=O) groups excluding carboxylic acids is 3. The summed E-state index contributed by atoms with van der Waals surface area (Å²) < 4.78 is 38.8. The number of rotatable bonds is 13. The molecule has 16 nitrogen and oxygen atoms in total. The van der Waals surface area contributed by atoms with Gasteiger partial charge in [-0.2, -0.15) is 9.97 Å². The molecular weight excluding hydrogens is 947 g/mol. The second-order valence-electron chi connectivity index (χ2n) is 22.7. The number of benzene rings is 3. The number of fused-ring (bicyclic) bond motifs is 3. The van der Waals surface area contributed by atoms with Gasteiger partial charge in [0, 0.05) is 113 Å². The van der Waals surface area contributed by atoms with Crippen molar-refractivity contribution in [1.29, 1.82) is 0 Å². The van der Waals surface area contributed by atoms with Gasteiger partial charge in [0.25, 0.3) is 5.91 Å². The summed E-state index contributed by atoms with van der Waals surface area (Å²) in [5.74, 6) is -0.953. The van der Waals surface area contributed by atoms with E-state index in [1.54, 1.807) is 24.0 Å². The summed E-state index contributed by atoms with van der Waals surface area (Å²) in [7, 11) is 0. The molecule has 7 aliphatic rings. The third-order valence-electron chi connectivity index (χ3n) is 17.2. The van der Waals surface area contributed by atoms with Crippen molar-refractivity contribution in [2.24, 2.45) is 11.3 Å². The minimum Gasteiger partial charge on any atom is -0.508 e. The van der Waals surface area contributed by atoms with Crippen LogP contribution in [0.3, 0.4) is 0 Å². The number of aromatic hydroxyl groups is 1. The molecule has 3 amide bonds. The van der Waals surface area contributed by atoms with Crippen molar-refractivity contribution in [3.05, 3.63) is 77.0 Å². The van der Waals surface area contributed by atoms with E-state index in [1.807, 2.05) is 24.0 Å². The van der Waals surface area contributed by atoms with E-state index in [-0.39, 0.29) is 58.1 Å². The molecule has 0 spiro atoms. The smallest absolute Gasteiger partial charge is 0.319 e. The Kier molecular flexibility index (Phi) is 12.7. The van der Waals surface area contributed by atoms with E-state index in [0.717, 1.165) is 109 Å². The molecule has 1 aliphatic carbocycles. The number of piperazine rings is 1. The van der Waals surface area contributed by atoms with Gasteiger partial charge in [0.15, 0.2) is 5.82 Å². The Balaban J connectivity index is 0.641. The zero-order valence-electron chi connectivity index (χ0n) is 42.4. The first-order valence-corrected chi connectivity index (χ1v) is 26.8. The highest BCUT2D eigenvalue weighted by Crippen LogP contribution is 2.48. The fraction of sp³-hybridized carbons (Fsp3) is 0.536. The molecule has 2 aromatic heterocycles. The number of β-amino-alcohol motifs (C(OH)–C–C–N with tert-alkyl or cyclic N) is 1. The summed E-state index contributed by atoms with van der Waals surface area (Å²) in [4.78, 5) is 65.4.